The molecule has 0 bridgehead atoms. The summed E-state index contributed by atoms with van der Waals surface area (Å²) in [5.41, 5.74) is 7.81. The van der Waals surface area contributed by atoms with Crippen LogP contribution in [0.4, 0.5) is 11.4 Å². The molecule has 1 amide bonds. The fraction of sp³-hybridized carbons (Fsp3) is 0.0769. The Morgan fingerprint density at radius 2 is 2.06 bits per heavy atom. The van der Waals surface area contributed by atoms with E-state index >= 15 is 0 Å². The molecule has 4 N–H and O–H groups in total. The molecule has 0 spiro atoms. The standard InChI is InChI=1S/C13H13N3O2/c1-8-2-3-11(10(14)6-8)16-13(18)9-4-5-15-12(17)7-9/h2-7H,14H2,1H3,(H,15,17)(H,16,18). The number of rotatable bonds is 2. The zero-order valence-corrected chi connectivity index (χ0v) is 9.86. The van der Waals surface area contributed by atoms with Crippen LogP contribution in [-0.2, 0) is 0 Å². The maximum absolute atomic E-state index is 11.9. The fourth-order valence-electron chi connectivity index (χ4n) is 1.58. The van der Waals surface area contributed by atoms with Gasteiger partial charge in [-0.1, -0.05) is 6.07 Å². The van der Waals surface area contributed by atoms with Crippen LogP contribution in [0.5, 0.6) is 0 Å². The predicted octanol–water partition coefficient (Wildman–Crippen LogP) is 1.52. The minimum atomic E-state index is -0.364. The smallest absolute Gasteiger partial charge is 0.255 e. The molecule has 0 atom stereocenters. The second-order valence-electron chi connectivity index (χ2n) is 3.99. The molecule has 0 unspecified atom stereocenters. The third-order valence-corrected chi connectivity index (χ3v) is 2.49. The van der Waals surface area contributed by atoms with Crippen LogP contribution in [0.3, 0.4) is 0 Å². The fourth-order valence-corrected chi connectivity index (χ4v) is 1.58. The van der Waals surface area contributed by atoms with Crippen LogP contribution in [0.1, 0.15) is 15.9 Å². The molecule has 0 aliphatic heterocycles. The van der Waals surface area contributed by atoms with Crippen molar-refractivity contribution in [3.8, 4) is 0 Å². The highest BCUT2D eigenvalue weighted by atomic mass is 16.2. The molecule has 0 saturated carbocycles. The van der Waals surface area contributed by atoms with Gasteiger partial charge in [0.15, 0.2) is 0 Å². The summed E-state index contributed by atoms with van der Waals surface area (Å²) in [5.74, 6) is -0.364. The van der Waals surface area contributed by atoms with Crippen LogP contribution in [0.15, 0.2) is 41.3 Å². The molecule has 0 aliphatic carbocycles. The third kappa shape index (κ3) is 2.57. The van der Waals surface area contributed by atoms with Crippen LogP contribution in [0.2, 0.25) is 0 Å². The zero-order valence-electron chi connectivity index (χ0n) is 9.86. The number of anilines is 2. The maximum Gasteiger partial charge on any atom is 0.255 e. The highest BCUT2D eigenvalue weighted by Gasteiger charge is 2.08. The van der Waals surface area contributed by atoms with Gasteiger partial charge < -0.3 is 16.0 Å². The van der Waals surface area contributed by atoms with E-state index in [-0.39, 0.29) is 11.5 Å². The average molecular weight is 243 g/mol. The molecular formula is C13H13N3O2. The van der Waals surface area contributed by atoms with Crippen molar-refractivity contribution in [1.82, 2.24) is 4.98 Å². The second kappa shape index (κ2) is 4.75. The van der Waals surface area contributed by atoms with Crippen molar-refractivity contribution in [3.63, 3.8) is 0 Å². The lowest BCUT2D eigenvalue weighted by Crippen LogP contribution is -2.16. The second-order valence-corrected chi connectivity index (χ2v) is 3.99. The van der Waals surface area contributed by atoms with Crippen molar-refractivity contribution in [1.29, 1.82) is 0 Å². The van der Waals surface area contributed by atoms with Crippen molar-refractivity contribution in [2.45, 2.75) is 6.92 Å². The first-order valence-electron chi connectivity index (χ1n) is 5.42. The number of H-pyrrole nitrogens is 1. The van der Waals surface area contributed by atoms with Gasteiger partial charge in [0.05, 0.1) is 11.4 Å². The molecule has 1 heterocycles. The van der Waals surface area contributed by atoms with Gasteiger partial charge in [0.1, 0.15) is 0 Å². The lowest BCUT2D eigenvalue weighted by molar-refractivity contribution is 0.102. The maximum atomic E-state index is 11.9. The van der Waals surface area contributed by atoms with E-state index in [0.29, 0.717) is 16.9 Å². The molecule has 92 valence electrons. The number of amides is 1. The number of carbonyl (C=O) groups is 1. The molecular weight excluding hydrogens is 230 g/mol. The Morgan fingerprint density at radius 3 is 2.72 bits per heavy atom. The number of nitrogens with two attached hydrogens (primary N) is 1. The van der Waals surface area contributed by atoms with Crippen molar-refractivity contribution < 1.29 is 4.79 Å². The van der Waals surface area contributed by atoms with Crippen LogP contribution in [-0.4, -0.2) is 10.9 Å². The largest absolute Gasteiger partial charge is 0.397 e. The Labute approximate surface area is 104 Å². The SMILES string of the molecule is Cc1ccc(NC(=O)c2cc[nH]c(=O)c2)c(N)c1. The molecule has 0 aliphatic rings. The van der Waals surface area contributed by atoms with E-state index in [1.807, 2.05) is 13.0 Å². The first-order chi connectivity index (χ1) is 8.56. The number of hydrogen-bond donors (Lipinski definition) is 3. The Kier molecular flexibility index (Phi) is 3.14. The molecule has 5 heteroatoms. The number of nitrogen functional groups attached to an aromatic ring is 1. The highest BCUT2D eigenvalue weighted by molar-refractivity contribution is 6.05. The van der Waals surface area contributed by atoms with Gasteiger partial charge in [0.2, 0.25) is 5.56 Å². The summed E-state index contributed by atoms with van der Waals surface area (Å²) in [7, 11) is 0. The predicted molar refractivity (Wildman–Crippen MR) is 70.6 cm³/mol. The van der Waals surface area contributed by atoms with E-state index in [4.69, 9.17) is 5.73 Å². The molecule has 0 fully saturated rings. The molecule has 2 rings (SSSR count). The van der Waals surface area contributed by atoms with Crippen molar-refractivity contribution in [2.75, 3.05) is 11.1 Å². The molecule has 1 aromatic carbocycles. The van der Waals surface area contributed by atoms with Crippen molar-refractivity contribution in [3.05, 3.63) is 58.0 Å². The first kappa shape index (κ1) is 11.9. The van der Waals surface area contributed by atoms with E-state index in [0.717, 1.165) is 5.56 Å². The third-order valence-electron chi connectivity index (χ3n) is 2.49. The van der Waals surface area contributed by atoms with E-state index < -0.39 is 0 Å². The van der Waals surface area contributed by atoms with Crippen LogP contribution in [0, 0.1) is 6.92 Å². The summed E-state index contributed by atoms with van der Waals surface area (Å²) in [6.07, 6.45) is 1.43. The summed E-state index contributed by atoms with van der Waals surface area (Å²) in [5, 5.41) is 2.66. The van der Waals surface area contributed by atoms with Gasteiger partial charge in [-0.15, -0.1) is 0 Å². The Morgan fingerprint density at radius 1 is 1.28 bits per heavy atom. The number of aryl methyl sites for hydroxylation is 1. The quantitative estimate of drug-likeness (QED) is 0.699. The van der Waals surface area contributed by atoms with Crippen LogP contribution >= 0.6 is 0 Å². The normalized spacial score (nSPS) is 10.1. The molecule has 2 aromatic rings. The van der Waals surface area contributed by atoms with Crippen molar-refractivity contribution >= 4 is 17.3 Å². The first-order valence-corrected chi connectivity index (χ1v) is 5.42. The van der Waals surface area contributed by atoms with Gasteiger partial charge in [-0.3, -0.25) is 9.59 Å². The summed E-state index contributed by atoms with van der Waals surface area (Å²) in [4.78, 5) is 25.4. The van der Waals surface area contributed by atoms with Gasteiger partial charge in [0.25, 0.3) is 5.91 Å². The van der Waals surface area contributed by atoms with E-state index in [2.05, 4.69) is 10.3 Å². The highest BCUT2D eigenvalue weighted by Crippen LogP contribution is 2.19. The number of aromatic nitrogens is 1. The lowest BCUT2D eigenvalue weighted by Gasteiger charge is -2.08. The minimum absolute atomic E-state index is 0.290. The summed E-state index contributed by atoms with van der Waals surface area (Å²) < 4.78 is 0. The number of hydrogen-bond acceptors (Lipinski definition) is 3. The summed E-state index contributed by atoms with van der Waals surface area (Å²) >= 11 is 0. The molecule has 18 heavy (non-hydrogen) atoms. The van der Waals surface area contributed by atoms with Gasteiger partial charge >= 0.3 is 0 Å². The van der Waals surface area contributed by atoms with E-state index in [1.54, 1.807) is 12.1 Å². The van der Waals surface area contributed by atoms with E-state index in [1.165, 1.54) is 18.3 Å². The Balaban J connectivity index is 2.24. The molecule has 0 saturated heterocycles. The summed E-state index contributed by atoms with van der Waals surface area (Å²) in [6, 6.07) is 8.12. The van der Waals surface area contributed by atoms with Gasteiger partial charge in [-0.2, -0.15) is 0 Å². The topological polar surface area (TPSA) is 88.0 Å². The molecule has 1 aromatic heterocycles. The Bertz CT molecular complexity index is 647. The Hall–Kier alpha value is -2.56. The van der Waals surface area contributed by atoms with E-state index in [9.17, 15) is 9.59 Å². The minimum Gasteiger partial charge on any atom is -0.397 e. The lowest BCUT2D eigenvalue weighted by atomic mass is 10.2. The summed E-state index contributed by atoms with van der Waals surface area (Å²) in [6.45, 7) is 1.92. The number of pyridine rings is 1. The molecule has 0 radical (unpaired) electrons. The zero-order chi connectivity index (χ0) is 13.1. The monoisotopic (exact) mass is 243 g/mol. The number of carbonyl (C=O) groups excluding carboxylic acids is 1. The van der Waals surface area contributed by atoms with Gasteiger partial charge in [-0.05, 0) is 30.7 Å². The van der Waals surface area contributed by atoms with Gasteiger partial charge in [0, 0.05) is 17.8 Å². The number of benzene rings is 1. The number of nitrogens with one attached hydrogen (secondary N) is 2. The van der Waals surface area contributed by atoms with Crippen LogP contribution < -0.4 is 16.6 Å². The average Bonchev–Trinajstić information content (AvgIpc) is 2.32. The molecule has 5 nitrogen and oxygen atoms in total. The van der Waals surface area contributed by atoms with Crippen molar-refractivity contribution in [2.24, 2.45) is 0 Å². The number of aromatic amines is 1. The van der Waals surface area contributed by atoms with Gasteiger partial charge in [-0.25, -0.2) is 0 Å². The van der Waals surface area contributed by atoms with Crippen LogP contribution in [0.25, 0.3) is 0 Å².